The summed E-state index contributed by atoms with van der Waals surface area (Å²) in [5.74, 6) is -7.61. The monoisotopic (exact) mass is 1090 g/mol. The average molecular weight is 1090 g/mol. The van der Waals surface area contributed by atoms with Crippen molar-refractivity contribution in [1.29, 1.82) is 0 Å². The summed E-state index contributed by atoms with van der Waals surface area (Å²) < 4.78 is 22.2. The van der Waals surface area contributed by atoms with Crippen molar-refractivity contribution in [3.05, 3.63) is 110 Å². The Balaban J connectivity index is 0.834. The molecule has 2 aromatic heterocycles. The molecule has 0 bridgehead atoms. The molecular formula is C57H62FN7O14. The second kappa shape index (κ2) is 24.6. The molecular weight excluding hydrogens is 1030 g/mol. The average Bonchev–Trinajstić information content (AvgIpc) is 3.92. The molecule has 0 fully saturated rings. The third-order valence-electron chi connectivity index (χ3n) is 15.1. The molecule has 4 aliphatic rings. The summed E-state index contributed by atoms with van der Waals surface area (Å²) in [4.78, 5) is 147. The summed E-state index contributed by atoms with van der Waals surface area (Å²) in [6.45, 7) is 2.84. The van der Waals surface area contributed by atoms with Gasteiger partial charge in [0.2, 0.25) is 23.6 Å². The van der Waals surface area contributed by atoms with Crippen LogP contribution in [0, 0.1) is 18.7 Å². The number of aromatic nitrogens is 2. The van der Waals surface area contributed by atoms with Crippen molar-refractivity contribution < 1.29 is 67.3 Å². The molecule has 21 nitrogen and oxygen atoms in total. The third-order valence-corrected chi connectivity index (χ3v) is 15.1. The quantitative estimate of drug-likeness (QED) is 0.0263. The number of aliphatic carboxylic acids is 1. The zero-order valence-electron chi connectivity index (χ0n) is 43.9. The highest BCUT2D eigenvalue weighted by Crippen LogP contribution is 2.46. The Hall–Kier alpha value is -8.27. The Bertz CT molecular complexity index is 3250. The number of halogens is 1. The fourth-order valence-electron chi connectivity index (χ4n) is 10.8. The van der Waals surface area contributed by atoms with Gasteiger partial charge in [-0.1, -0.05) is 43.7 Å². The molecule has 22 heteroatoms. The minimum atomic E-state index is -2.05. The Morgan fingerprint density at radius 1 is 0.861 bits per heavy atom. The molecule has 0 saturated heterocycles. The van der Waals surface area contributed by atoms with E-state index >= 15 is 4.39 Å². The van der Waals surface area contributed by atoms with Crippen molar-refractivity contribution >= 4 is 69.9 Å². The van der Waals surface area contributed by atoms with Gasteiger partial charge in [0.05, 0.1) is 54.1 Å². The zero-order valence-corrected chi connectivity index (χ0v) is 43.9. The van der Waals surface area contributed by atoms with Crippen LogP contribution in [0.1, 0.15) is 129 Å². The molecule has 0 radical (unpaired) electrons. The van der Waals surface area contributed by atoms with Crippen molar-refractivity contribution in [3.63, 3.8) is 0 Å². The highest BCUT2D eigenvalue weighted by molar-refractivity contribution is 6.12. The van der Waals surface area contributed by atoms with Gasteiger partial charge in [0.15, 0.2) is 17.2 Å². The van der Waals surface area contributed by atoms with Crippen LogP contribution in [0.25, 0.3) is 22.3 Å². The predicted octanol–water partition coefficient (Wildman–Crippen LogP) is 3.26. The molecule has 6 N–H and O–H groups in total. The first-order valence-electron chi connectivity index (χ1n) is 26.6. The number of nitrogens with zero attached hydrogens (tertiary/aromatic N) is 3. The van der Waals surface area contributed by atoms with Gasteiger partial charge >= 0.3 is 11.9 Å². The number of carbonyl (C=O) groups excluding carboxylic acids is 9. The Morgan fingerprint density at radius 2 is 1.59 bits per heavy atom. The van der Waals surface area contributed by atoms with Crippen LogP contribution in [0.4, 0.5) is 4.39 Å². The van der Waals surface area contributed by atoms with Gasteiger partial charge in [0.1, 0.15) is 12.4 Å². The first-order chi connectivity index (χ1) is 37.8. The first kappa shape index (κ1) is 56.9. The van der Waals surface area contributed by atoms with Gasteiger partial charge in [-0.2, -0.15) is 0 Å². The van der Waals surface area contributed by atoms with E-state index in [9.17, 15) is 63.0 Å². The minimum Gasteiger partial charge on any atom is -0.481 e. The van der Waals surface area contributed by atoms with E-state index in [4.69, 9.17) is 9.72 Å². The van der Waals surface area contributed by atoms with Crippen LogP contribution < -0.4 is 26.8 Å². The van der Waals surface area contributed by atoms with Gasteiger partial charge in [-0.3, -0.25) is 52.8 Å². The largest absolute Gasteiger partial charge is 0.481 e. The molecule has 0 saturated carbocycles. The number of unbranched alkanes of at least 4 members (excludes halogenated alkanes) is 2. The minimum absolute atomic E-state index is 0.00805. The molecule has 416 valence electrons. The second-order valence-corrected chi connectivity index (χ2v) is 20.4. The number of aryl methyl sites for hydroxylation is 1. The lowest BCUT2D eigenvalue weighted by Gasteiger charge is -2.31. The second-order valence-electron chi connectivity index (χ2n) is 20.4. The molecule has 6 amide bonds. The van der Waals surface area contributed by atoms with Crippen molar-refractivity contribution in [1.82, 2.24) is 35.7 Å². The van der Waals surface area contributed by atoms with Gasteiger partial charge in [0.25, 0.3) is 17.4 Å². The fourth-order valence-corrected chi connectivity index (χ4v) is 10.8. The molecule has 79 heavy (non-hydrogen) atoms. The maximum Gasteiger partial charge on any atom is 0.343 e. The van der Waals surface area contributed by atoms with E-state index in [0.717, 1.165) is 16.0 Å². The maximum absolute atomic E-state index is 15.4. The number of benzene rings is 2. The smallest absolute Gasteiger partial charge is 0.343 e. The number of cyclic esters (lactones) is 1. The molecule has 5 heterocycles. The Labute approximate surface area is 452 Å². The van der Waals surface area contributed by atoms with Gasteiger partial charge in [-0.25, -0.2) is 14.2 Å². The normalized spacial score (nSPS) is 17.5. The molecule has 3 aliphatic heterocycles. The predicted molar refractivity (Wildman–Crippen MR) is 280 cm³/mol. The number of carboxylic acids is 1. The zero-order chi connectivity index (χ0) is 56.7. The number of pyridine rings is 2. The Morgan fingerprint density at radius 3 is 2.32 bits per heavy atom. The number of fused-ring (bicyclic) bond motifs is 5. The number of amides is 6. The van der Waals surface area contributed by atoms with Crippen LogP contribution in [0.5, 0.6) is 0 Å². The van der Waals surface area contributed by atoms with Crippen molar-refractivity contribution in [3.8, 4) is 11.4 Å². The number of carboxylic acid groups (broad SMARTS) is 1. The van der Waals surface area contributed by atoms with E-state index in [1.165, 1.54) is 22.8 Å². The van der Waals surface area contributed by atoms with E-state index in [1.807, 2.05) is 0 Å². The van der Waals surface area contributed by atoms with Crippen molar-refractivity contribution in [2.75, 3.05) is 19.6 Å². The van der Waals surface area contributed by atoms with Gasteiger partial charge in [-0.15, -0.1) is 0 Å². The molecule has 2 aromatic carbocycles. The number of imide groups is 1. The van der Waals surface area contributed by atoms with Crippen LogP contribution in [-0.2, 0) is 84.3 Å². The van der Waals surface area contributed by atoms with Gasteiger partial charge in [0, 0.05) is 85.8 Å². The van der Waals surface area contributed by atoms with Crippen LogP contribution in [0.2, 0.25) is 0 Å². The SMILES string of the molecule is CC[C@@]1(O)C(=O)OCc2c1cc1n(c2=O)Cc2c-1nc1cc(F)c(C)c3c1c2[C@@H](NC(=O)CCCNC(=O)[C@@H](CC(=O)CNC(=O)CCC(=O)[C@H](CC(=O)O)NC(=O)CCCCCN1C(=O)C=CC1=O)Cc1ccccc1)CC3. The highest BCUT2D eigenvalue weighted by Gasteiger charge is 2.46. The summed E-state index contributed by atoms with van der Waals surface area (Å²) in [7, 11) is 0. The number of ether oxygens (including phenoxy) is 1. The number of aliphatic hydroxyl groups is 1. The van der Waals surface area contributed by atoms with E-state index in [0.29, 0.717) is 71.1 Å². The number of rotatable bonds is 26. The summed E-state index contributed by atoms with van der Waals surface area (Å²) in [6, 6.07) is 9.92. The lowest BCUT2D eigenvalue weighted by Crippen LogP contribution is -2.44. The summed E-state index contributed by atoms with van der Waals surface area (Å²) in [5, 5.41) is 32.3. The molecule has 4 atom stereocenters. The molecule has 8 rings (SSSR count). The first-order valence-corrected chi connectivity index (χ1v) is 26.6. The highest BCUT2D eigenvalue weighted by atomic mass is 19.1. The number of carbonyl (C=O) groups is 10. The van der Waals surface area contributed by atoms with Gasteiger partial charge < -0.3 is 40.8 Å². The van der Waals surface area contributed by atoms with E-state index in [1.54, 1.807) is 50.2 Å². The third kappa shape index (κ3) is 12.7. The van der Waals surface area contributed by atoms with Crippen molar-refractivity contribution in [2.24, 2.45) is 5.92 Å². The van der Waals surface area contributed by atoms with Crippen LogP contribution in [0.15, 0.2) is 59.4 Å². The molecule has 0 unspecified atom stereocenters. The number of ketones is 2. The lowest BCUT2D eigenvalue weighted by molar-refractivity contribution is -0.172. The molecule has 1 aliphatic carbocycles. The molecule has 4 aromatic rings. The van der Waals surface area contributed by atoms with E-state index < -0.39 is 114 Å². The number of nitrogens with one attached hydrogen (secondary N) is 4. The van der Waals surface area contributed by atoms with Gasteiger partial charge in [-0.05, 0) is 80.2 Å². The Kier molecular flexibility index (Phi) is 17.7. The maximum atomic E-state index is 15.4. The van der Waals surface area contributed by atoms with Crippen LogP contribution in [-0.4, -0.2) is 109 Å². The fraction of sp³-hybridized carbons (Fsp3) is 0.439. The van der Waals surface area contributed by atoms with E-state index in [2.05, 4.69) is 21.3 Å². The summed E-state index contributed by atoms with van der Waals surface area (Å²) >= 11 is 0. The number of hydrogen-bond donors (Lipinski definition) is 6. The lowest BCUT2D eigenvalue weighted by atomic mass is 9.81. The van der Waals surface area contributed by atoms with Crippen LogP contribution in [0.3, 0.4) is 0 Å². The van der Waals surface area contributed by atoms with Crippen molar-refractivity contribution in [2.45, 2.75) is 135 Å². The topological polar surface area (TPSA) is 307 Å². The van der Waals surface area contributed by atoms with E-state index in [-0.39, 0.29) is 81.8 Å². The summed E-state index contributed by atoms with van der Waals surface area (Å²) in [6.07, 6.45) is 2.93. The number of hydrogen-bond acceptors (Lipinski definition) is 14. The standard InChI is InChI=1S/C57H62FN7O14/c1-3-57(78)38-25-43-53-36(29-65(43)55(76)37(38)30-79-56(57)77)52-40(16-15-35-31(2)39(58)26-42(63-53)51(35)52)61-47(70)14-10-21-59-54(75)33(23-32-11-6-4-7-12-32)24-34(66)28-60-45(68)18-17-44(67)41(27-50(73)74)62-46(69)13-8-5-9-22-64-48(71)19-20-49(64)72/h4,6-7,11-12,19-20,25-26,33,40-41,78H,3,5,8-10,13-18,21-24,27-30H2,1-2H3,(H,59,75)(H,60,68)(H,61,70)(H,62,69)(H,73,74)/t33-,40+,41+,57+/m1/s1. The van der Waals surface area contributed by atoms with Crippen LogP contribution >= 0.6 is 0 Å². The summed E-state index contributed by atoms with van der Waals surface area (Å²) in [5.41, 5.74) is 2.13. The number of Topliss-reactive ketones (excluding diaryl/α,β-unsaturated/α-hetero) is 2. The molecule has 0 spiro atoms. The number of esters is 1.